The van der Waals surface area contributed by atoms with Gasteiger partial charge in [-0.2, -0.15) is 0 Å². The summed E-state index contributed by atoms with van der Waals surface area (Å²) in [5.41, 5.74) is 5.49. The highest BCUT2D eigenvalue weighted by Gasteiger charge is 2.18. The first-order valence-electron chi connectivity index (χ1n) is 13.1. The average molecular weight is 516 g/mol. The van der Waals surface area contributed by atoms with Gasteiger partial charge >= 0.3 is 5.97 Å². The smallest absolute Gasteiger partial charge is 0.303 e. The second-order valence-corrected chi connectivity index (χ2v) is 10.3. The van der Waals surface area contributed by atoms with E-state index >= 15 is 0 Å². The third kappa shape index (κ3) is 8.04. The van der Waals surface area contributed by atoms with E-state index in [1.54, 1.807) is 12.1 Å². The largest absolute Gasteiger partial charge is 0.486 e. The molecule has 2 N–H and O–H groups in total. The molecule has 1 atom stereocenters. The van der Waals surface area contributed by atoms with Gasteiger partial charge in [-0.25, -0.2) is 0 Å². The van der Waals surface area contributed by atoms with E-state index in [0.29, 0.717) is 29.6 Å². The number of carbonyl (C=O) groups is 2. The lowest BCUT2D eigenvalue weighted by atomic mass is 9.95. The average Bonchev–Trinajstić information content (AvgIpc) is 2.88. The first-order chi connectivity index (χ1) is 18.2. The van der Waals surface area contributed by atoms with Crippen LogP contribution in [0.4, 0.5) is 0 Å². The summed E-state index contributed by atoms with van der Waals surface area (Å²) >= 11 is 0. The molecule has 0 saturated heterocycles. The highest BCUT2D eigenvalue weighted by Crippen LogP contribution is 2.32. The second kappa shape index (κ2) is 13.6. The lowest BCUT2D eigenvalue weighted by Crippen LogP contribution is -2.11. The lowest BCUT2D eigenvalue weighted by molar-refractivity contribution is -0.137. The normalized spacial score (nSPS) is 12.3. The van der Waals surface area contributed by atoms with Crippen LogP contribution in [-0.4, -0.2) is 28.3 Å². The van der Waals surface area contributed by atoms with E-state index in [-0.39, 0.29) is 24.7 Å². The highest BCUT2D eigenvalue weighted by molar-refractivity contribution is 5.96. The predicted octanol–water partition coefficient (Wildman–Crippen LogP) is 7.89. The van der Waals surface area contributed by atoms with Gasteiger partial charge in [0.25, 0.3) is 0 Å². The van der Waals surface area contributed by atoms with Gasteiger partial charge < -0.3 is 15.1 Å². The fourth-order valence-electron chi connectivity index (χ4n) is 4.37. The molecule has 0 aliphatic rings. The maximum Gasteiger partial charge on any atom is 0.303 e. The number of rotatable bonds is 13. The van der Waals surface area contributed by atoms with Gasteiger partial charge in [0.15, 0.2) is 5.78 Å². The topological polar surface area (TPSA) is 96.2 Å². The molecule has 38 heavy (non-hydrogen) atoms. The molecule has 1 unspecified atom stereocenters. The molecule has 0 radical (unpaired) electrons. The SMILES string of the molecule is CC(C)CC(Oc1ccc(-c2ccc(C(C)C)cc2)c(/C=N/O)c1)c1ccc(C(=O)CCCC(=O)O)cc1. The van der Waals surface area contributed by atoms with Crippen molar-refractivity contribution in [3.05, 3.63) is 89.0 Å². The van der Waals surface area contributed by atoms with Gasteiger partial charge in [-0.15, -0.1) is 0 Å². The Bertz CT molecular complexity index is 1240. The third-order valence-corrected chi connectivity index (χ3v) is 6.47. The maximum atomic E-state index is 12.4. The molecule has 6 nitrogen and oxygen atoms in total. The maximum absolute atomic E-state index is 12.4. The minimum absolute atomic E-state index is 0.0147. The molecule has 0 saturated carbocycles. The van der Waals surface area contributed by atoms with E-state index < -0.39 is 5.97 Å². The molecule has 6 heteroatoms. The molecule has 3 aromatic carbocycles. The zero-order valence-electron chi connectivity index (χ0n) is 22.6. The molecule has 0 fully saturated rings. The van der Waals surface area contributed by atoms with Crippen molar-refractivity contribution in [2.45, 2.75) is 65.4 Å². The third-order valence-electron chi connectivity index (χ3n) is 6.47. The zero-order chi connectivity index (χ0) is 27.7. The van der Waals surface area contributed by atoms with E-state index in [0.717, 1.165) is 28.7 Å². The molecule has 0 aromatic heterocycles. The van der Waals surface area contributed by atoms with Gasteiger partial charge in [0, 0.05) is 24.0 Å². The Balaban J connectivity index is 1.82. The Hall–Kier alpha value is -3.93. The summed E-state index contributed by atoms with van der Waals surface area (Å²) in [5.74, 6) is 0.508. The van der Waals surface area contributed by atoms with Crippen molar-refractivity contribution in [2.24, 2.45) is 11.1 Å². The van der Waals surface area contributed by atoms with Crippen molar-refractivity contribution in [1.82, 2.24) is 0 Å². The number of ketones is 1. The number of ether oxygens (including phenoxy) is 1. The number of hydrogen-bond donors (Lipinski definition) is 2. The number of nitrogens with zero attached hydrogens (tertiary/aromatic N) is 1. The van der Waals surface area contributed by atoms with Crippen LogP contribution in [0.1, 0.15) is 92.4 Å². The zero-order valence-corrected chi connectivity index (χ0v) is 22.6. The van der Waals surface area contributed by atoms with E-state index in [2.05, 4.69) is 57.1 Å². The van der Waals surface area contributed by atoms with Crippen LogP contribution in [0.5, 0.6) is 5.75 Å². The van der Waals surface area contributed by atoms with Crippen LogP contribution in [0.2, 0.25) is 0 Å². The molecule has 0 amide bonds. The van der Waals surface area contributed by atoms with Crippen LogP contribution in [0, 0.1) is 5.92 Å². The van der Waals surface area contributed by atoms with Crippen molar-refractivity contribution >= 4 is 18.0 Å². The highest BCUT2D eigenvalue weighted by atomic mass is 16.5. The number of hydrogen-bond acceptors (Lipinski definition) is 5. The molecule has 3 aromatic rings. The summed E-state index contributed by atoms with van der Waals surface area (Å²) in [5, 5.41) is 21.4. The van der Waals surface area contributed by atoms with Gasteiger partial charge in [-0.1, -0.05) is 87.4 Å². The molecule has 0 aliphatic heterocycles. The van der Waals surface area contributed by atoms with Gasteiger partial charge in [0.1, 0.15) is 11.9 Å². The number of Topliss-reactive ketones (excluding diaryl/α,β-unsaturated/α-hetero) is 1. The van der Waals surface area contributed by atoms with E-state index in [4.69, 9.17) is 9.84 Å². The Labute approximate surface area is 225 Å². The number of benzene rings is 3. The lowest BCUT2D eigenvalue weighted by Gasteiger charge is -2.22. The number of carboxylic acid groups (broad SMARTS) is 1. The molecular weight excluding hydrogens is 478 g/mol. The molecule has 0 spiro atoms. The Kier molecular flexibility index (Phi) is 10.2. The van der Waals surface area contributed by atoms with Crippen LogP contribution in [0.25, 0.3) is 11.1 Å². The van der Waals surface area contributed by atoms with Gasteiger partial charge in [-0.3, -0.25) is 9.59 Å². The Morgan fingerprint density at radius 1 is 0.895 bits per heavy atom. The molecule has 0 aliphatic carbocycles. The monoisotopic (exact) mass is 515 g/mol. The molecular formula is C32H37NO5. The molecule has 3 rings (SSSR count). The fourth-order valence-corrected chi connectivity index (χ4v) is 4.37. The molecule has 0 heterocycles. The number of oxime groups is 1. The quantitative estimate of drug-likeness (QED) is 0.104. The van der Waals surface area contributed by atoms with Crippen LogP contribution in [-0.2, 0) is 4.79 Å². The fraction of sp³-hybridized carbons (Fsp3) is 0.344. The predicted molar refractivity (Wildman–Crippen MR) is 150 cm³/mol. The second-order valence-electron chi connectivity index (χ2n) is 10.3. The number of carbonyl (C=O) groups excluding carboxylic acids is 1. The van der Waals surface area contributed by atoms with E-state index in [1.807, 2.05) is 30.3 Å². The van der Waals surface area contributed by atoms with Crippen molar-refractivity contribution < 1.29 is 24.6 Å². The van der Waals surface area contributed by atoms with Crippen molar-refractivity contribution in [2.75, 3.05) is 0 Å². The summed E-state index contributed by atoms with van der Waals surface area (Å²) in [7, 11) is 0. The van der Waals surface area contributed by atoms with Crippen LogP contribution in [0.15, 0.2) is 71.9 Å². The van der Waals surface area contributed by atoms with E-state index in [1.165, 1.54) is 11.8 Å². The summed E-state index contributed by atoms with van der Waals surface area (Å²) < 4.78 is 6.44. The molecule has 0 bridgehead atoms. The number of aliphatic carboxylic acids is 1. The van der Waals surface area contributed by atoms with Crippen molar-refractivity contribution in [3.8, 4) is 16.9 Å². The van der Waals surface area contributed by atoms with Gasteiger partial charge in [0.2, 0.25) is 0 Å². The first-order valence-corrected chi connectivity index (χ1v) is 13.1. The van der Waals surface area contributed by atoms with Crippen LogP contribution in [0.3, 0.4) is 0 Å². The van der Waals surface area contributed by atoms with E-state index in [9.17, 15) is 14.8 Å². The standard InChI is InChI=1S/C32H37NO5/c1-21(2)18-31(26-14-12-25(13-15-26)30(34)6-5-7-32(35)36)38-28-16-17-29(27(19-28)20-33-37)24-10-8-23(9-11-24)22(3)4/h8-17,19-22,31,37H,5-7,18H2,1-4H3,(H,35,36)/b33-20+. The number of carboxylic acids is 1. The summed E-state index contributed by atoms with van der Waals surface area (Å²) in [6, 6.07) is 21.5. The summed E-state index contributed by atoms with van der Waals surface area (Å²) in [6.45, 7) is 8.58. The summed E-state index contributed by atoms with van der Waals surface area (Å²) in [6.07, 6.45) is 2.47. The van der Waals surface area contributed by atoms with Gasteiger partial charge in [-0.05, 0) is 59.1 Å². The minimum Gasteiger partial charge on any atom is -0.486 e. The van der Waals surface area contributed by atoms with Crippen molar-refractivity contribution in [1.29, 1.82) is 0 Å². The van der Waals surface area contributed by atoms with Crippen LogP contribution < -0.4 is 4.74 Å². The summed E-state index contributed by atoms with van der Waals surface area (Å²) in [4.78, 5) is 23.1. The first kappa shape index (κ1) is 28.6. The van der Waals surface area contributed by atoms with Gasteiger partial charge in [0.05, 0.1) is 6.21 Å². The molecule has 200 valence electrons. The Morgan fingerprint density at radius 3 is 2.13 bits per heavy atom. The van der Waals surface area contributed by atoms with Crippen LogP contribution >= 0.6 is 0 Å². The minimum atomic E-state index is -0.896. The van der Waals surface area contributed by atoms with Crippen molar-refractivity contribution in [3.63, 3.8) is 0 Å². The Morgan fingerprint density at radius 2 is 1.55 bits per heavy atom.